The number of nitrogens with zero attached hydrogens (tertiary/aromatic N) is 2. The molecule has 1 heterocycles. The molecule has 0 bridgehead atoms. The Morgan fingerprint density at radius 2 is 1.59 bits per heavy atom. The molecule has 0 saturated carbocycles. The number of likely N-dealkylation sites (N-methyl/N-ethyl adjacent to an activating group) is 1. The van der Waals surface area contributed by atoms with Crippen molar-refractivity contribution in [3.8, 4) is 16.9 Å². The third kappa shape index (κ3) is 2.56. The van der Waals surface area contributed by atoms with Crippen LogP contribution in [0.4, 0.5) is 0 Å². The second-order valence-corrected chi connectivity index (χ2v) is 6.51. The molecule has 0 aliphatic carbocycles. The summed E-state index contributed by atoms with van der Waals surface area (Å²) >= 11 is 0. The molecule has 4 rings (SSSR count). The minimum Gasteiger partial charge on any atom is -0.507 e. The van der Waals surface area contributed by atoms with Gasteiger partial charge in [-0.3, -0.25) is 9.69 Å². The van der Waals surface area contributed by atoms with Gasteiger partial charge in [-0.1, -0.05) is 66.7 Å². The van der Waals surface area contributed by atoms with Crippen LogP contribution in [-0.4, -0.2) is 28.9 Å². The van der Waals surface area contributed by atoms with Crippen molar-refractivity contribution in [3.63, 3.8) is 0 Å². The van der Waals surface area contributed by atoms with E-state index < -0.39 is 5.54 Å². The van der Waals surface area contributed by atoms with Crippen LogP contribution in [0.15, 0.2) is 83.9 Å². The van der Waals surface area contributed by atoms with Crippen molar-refractivity contribution in [3.05, 3.63) is 90.0 Å². The van der Waals surface area contributed by atoms with E-state index in [0.29, 0.717) is 11.1 Å². The maximum Gasteiger partial charge on any atom is 0.266 e. The standard InChI is InChI=1S/C22H19N3O2/c1-25-20(27)22(24-21(25)23,16-9-3-2-4-10-16)17-11-7-8-15(14-17)18-12-5-6-13-19(18)26/h2-14,26H,1H3,(H2,23,24). The fourth-order valence-electron chi connectivity index (χ4n) is 3.49. The van der Waals surface area contributed by atoms with Gasteiger partial charge in [-0.15, -0.1) is 0 Å². The Kier molecular flexibility index (Phi) is 3.92. The topological polar surface area (TPSA) is 78.9 Å². The number of hydrogen-bond acceptors (Lipinski definition) is 4. The minimum absolute atomic E-state index is 0.178. The summed E-state index contributed by atoms with van der Waals surface area (Å²) in [7, 11) is 1.62. The highest BCUT2D eigenvalue weighted by molar-refractivity contribution is 6.09. The van der Waals surface area contributed by atoms with Crippen molar-refractivity contribution in [1.82, 2.24) is 4.90 Å². The van der Waals surface area contributed by atoms with Gasteiger partial charge in [0, 0.05) is 12.6 Å². The number of para-hydroxylation sites is 1. The van der Waals surface area contributed by atoms with E-state index >= 15 is 0 Å². The van der Waals surface area contributed by atoms with Crippen LogP contribution in [0.2, 0.25) is 0 Å². The van der Waals surface area contributed by atoms with Gasteiger partial charge in [0.05, 0.1) is 0 Å². The van der Waals surface area contributed by atoms with Crippen molar-refractivity contribution in [2.75, 3.05) is 7.05 Å². The van der Waals surface area contributed by atoms with Gasteiger partial charge in [0.15, 0.2) is 11.5 Å². The molecule has 1 atom stereocenters. The molecule has 0 aromatic heterocycles. The molecule has 1 aliphatic rings. The molecular formula is C22H19N3O2. The number of phenolic OH excluding ortho intramolecular Hbond substituents is 1. The summed E-state index contributed by atoms with van der Waals surface area (Å²) in [5, 5.41) is 10.2. The third-order valence-corrected chi connectivity index (χ3v) is 4.93. The largest absolute Gasteiger partial charge is 0.507 e. The molecule has 3 N–H and O–H groups in total. The number of phenols is 1. The Bertz CT molecular complexity index is 1050. The van der Waals surface area contributed by atoms with Crippen LogP contribution in [0.1, 0.15) is 11.1 Å². The van der Waals surface area contributed by atoms with Gasteiger partial charge in [0.1, 0.15) is 5.75 Å². The molecule has 27 heavy (non-hydrogen) atoms. The maximum absolute atomic E-state index is 13.2. The number of carbonyl (C=O) groups excluding carboxylic acids is 1. The summed E-state index contributed by atoms with van der Waals surface area (Å²) in [4.78, 5) is 19.2. The first-order valence-corrected chi connectivity index (χ1v) is 8.62. The Morgan fingerprint density at radius 1 is 0.926 bits per heavy atom. The normalized spacial score (nSPS) is 19.2. The molecule has 1 amide bonds. The summed E-state index contributed by atoms with van der Waals surface area (Å²) in [6, 6.07) is 24.0. The van der Waals surface area contributed by atoms with Crippen molar-refractivity contribution >= 4 is 11.9 Å². The molecule has 0 radical (unpaired) electrons. The monoisotopic (exact) mass is 357 g/mol. The smallest absolute Gasteiger partial charge is 0.266 e. The minimum atomic E-state index is -1.24. The maximum atomic E-state index is 13.2. The first kappa shape index (κ1) is 16.8. The molecule has 1 aliphatic heterocycles. The lowest BCUT2D eigenvalue weighted by molar-refractivity contribution is -0.129. The van der Waals surface area contributed by atoms with Crippen LogP contribution in [-0.2, 0) is 10.3 Å². The summed E-state index contributed by atoms with van der Waals surface area (Å²) in [5.41, 5.74) is 7.72. The number of amides is 1. The number of aliphatic imine (C=N–C) groups is 1. The molecule has 0 fully saturated rings. The van der Waals surface area contributed by atoms with E-state index in [-0.39, 0.29) is 17.6 Å². The molecule has 1 unspecified atom stereocenters. The highest BCUT2D eigenvalue weighted by atomic mass is 16.3. The van der Waals surface area contributed by atoms with E-state index in [1.54, 1.807) is 19.2 Å². The molecule has 5 nitrogen and oxygen atoms in total. The predicted octanol–water partition coefficient (Wildman–Crippen LogP) is 3.09. The molecule has 134 valence electrons. The second kappa shape index (κ2) is 6.29. The number of benzene rings is 3. The molecule has 5 heteroatoms. The van der Waals surface area contributed by atoms with Crippen molar-refractivity contribution in [2.24, 2.45) is 10.7 Å². The average Bonchev–Trinajstić information content (AvgIpc) is 2.94. The van der Waals surface area contributed by atoms with E-state index in [2.05, 4.69) is 4.99 Å². The Labute approximate surface area is 157 Å². The molecule has 0 saturated heterocycles. The van der Waals surface area contributed by atoms with E-state index in [1.165, 1.54) is 4.90 Å². The fourth-order valence-corrected chi connectivity index (χ4v) is 3.49. The fraction of sp³-hybridized carbons (Fsp3) is 0.0909. The van der Waals surface area contributed by atoms with Gasteiger partial charge in [-0.05, 0) is 28.8 Å². The quantitative estimate of drug-likeness (QED) is 0.756. The predicted molar refractivity (Wildman–Crippen MR) is 105 cm³/mol. The van der Waals surface area contributed by atoms with E-state index in [4.69, 9.17) is 5.73 Å². The zero-order valence-electron chi connectivity index (χ0n) is 14.8. The van der Waals surface area contributed by atoms with E-state index in [1.807, 2.05) is 66.7 Å². The Balaban J connectivity index is 1.95. The zero-order chi connectivity index (χ0) is 19.0. The van der Waals surface area contributed by atoms with Crippen LogP contribution in [0.3, 0.4) is 0 Å². The first-order valence-electron chi connectivity index (χ1n) is 8.62. The summed E-state index contributed by atoms with van der Waals surface area (Å²) in [6.45, 7) is 0. The van der Waals surface area contributed by atoms with Gasteiger partial charge in [-0.25, -0.2) is 4.99 Å². The zero-order valence-corrected chi connectivity index (χ0v) is 14.8. The summed E-state index contributed by atoms with van der Waals surface area (Å²) < 4.78 is 0. The average molecular weight is 357 g/mol. The van der Waals surface area contributed by atoms with Crippen LogP contribution < -0.4 is 5.73 Å². The Morgan fingerprint density at radius 3 is 2.26 bits per heavy atom. The van der Waals surface area contributed by atoms with Crippen LogP contribution in [0, 0.1) is 0 Å². The van der Waals surface area contributed by atoms with Gasteiger partial charge >= 0.3 is 0 Å². The summed E-state index contributed by atoms with van der Waals surface area (Å²) in [5.74, 6) is 0.152. The van der Waals surface area contributed by atoms with Crippen LogP contribution in [0.5, 0.6) is 5.75 Å². The number of hydrogen-bond donors (Lipinski definition) is 2. The van der Waals surface area contributed by atoms with Crippen LogP contribution >= 0.6 is 0 Å². The van der Waals surface area contributed by atoms with E-state index in [0.717, 1.165) is 11.1 Å². The first-order chi connectivity index (χ1) is 13.0. The van der Waals surface area contributed by atoms with Gasteiger partial charge < -0.3 is 10.8 Å². The van der Waals surface area contributed by atoms with Crippen molar-refractivity contribution in [2.45, 2.75) is 5.54 Å². The second-order valence-electron chi connectivity index (χ2n) is 6.51. The Hall–Kier alpha value is -3.60. The molecule has 0 spiro atoms. The third-order valence-electron chi connectivity index (χ3n) is 4.93. The lowest BCUT2D eigenvalue weighted by Gasteiger charge is -2.26. The SMILES string of the molecule is CN1C(=O)C(c2ccccc2)(c2cccc(-c3ccccc3O)c2)N=C1N. The summed E-state index contributed by atoms with van der Waals surface area (Å²) in [6.07, 6.45) is 0. The van der Waals surface area contributed by atoms with Crippen molar-refractivity contribution in [1.29, 1.82) is 0 Å². The molecule has 3 aromatic carbocycles. The lowest BCUT2D eigenvalue weighted by Crippen LogP contribution is -2.41. The van der Waals surface area contributed by atoms with E-state index in [9.17, 15) is 9.90 Å². The number of carbonyl (C=O) groups is 1. The van der Waals surface area contributed by atoms with Gasteiger partial charge in [0.2, 0.25) is 0 Å². The van der Waals surface area contributed by atoms with Crippen molar-refractivity contribution < 1.29 is 9.90 Å². The van der Waals surface area contributed by atoms with Gasteiger partial charge in [-0.2, -0.15) is 0 Å². The van der Waals surface area contributed by atoms with Crippen LogP contribution in [0.25, 0.3) is 11.1 Å². The highest BCUT2D eigenvalue weighted by Crippen LogP contribution is 2.41. The number of guanidine groups is 1. The highest BCUT2D eigenvalue weighted by Gasteiger charge is 2.49. The number of aromatic hydroxyl groups is 1. The molecule has 3 aromatic rings. The number of nitrogens with two attached hydrogens (primary N) is 1. The van der Waals surface area contributed by atoms with Gasteiger partial charge in [0.25, 0.3) is 5.91 Å². The lowest BCUT2D eigenvalue weighted by atomic mass is 9.81. The number of rotatable bonds is 3. The molecular weight excluding hydrogens is 338 g/mol.